The summed E-state index contributed by atoms with van der Waals surface area (Å²) >= 11 is 0. The van der Waals surface area contributed by atoms with E-state index in [-0.39, 0.29) is 5.91 Å². The summed E-state index contributed by atoms with van der Waals surface area (Å²) in [5.74, 6) is 0.579. The first-order valence-electron chi connectivity index (χ1n) is 8.48. The van der Waals surface area contributed by atoms with E-state index < -0.39 is 0 Å². The van der Waals surface area contributed by atoms with E-state index in [2.05, 4.69) is 15.4 Å². The fraction of sp³-hybridized carbons (Fsp3) is 0.316. The largest absolute Gasteiger partial charge is 0.352 e. The number of amides is 1. The van der Waals surface area contributed by atoms with Crippen LogP contribution in [0.3, 0.4) is 0 Å². The summed E-state index contributed by atoms with van der Waals surface area (Å²) in [6.45, 7) is 0.760. The van der Waals surface area contributed by atoms with Gasteiger partial charge in [-0.2, -0.15) is 5.10 Å². The fourth-order valence-electron chi connectivity index (χ4n) is 3.40. The van der Waals surface area contributed by atoms with Crippen LogP contribution in [0.2, 0.25) is 0 Å². The second kappa shape index (κ2) is 6.43. The average Bonchev–Trinajstić information content (AvgIpc) is 3.29. The van der Waals surface area contributed by atoms with Crippen molar-refractivity contribution in [1.82, 2.24) is 19.9 Å². The summed E-state index contributed by atoms with van der Waals surface area (Å²) in [6, 6.07) is 9.74. The highest BCUT2D eigenvalue weighted by Gasteiger charge is 2.18. The van der Waals surface area contributed by atoms with Gasteiger partial charge < -0.3 is 5.32 Å². The average molecular weight is 320 g/mol. The molecular formula is C19H20N4O. The van der Waals surface area contributed by atoms with Gasteiger partial charge in [0.05, 0.1) is 23.0 Å². The molecule has 0 aromatic carbocycles. The molecule has 1 aliphatic rings. The maximum atomic E-state index is 12.5. The number of hydrogen-bond acceptors (Lipinski definition) is 3. The molecule has 5 nitrogen and oxygen atoms in total. The van der Waals surface area contributed by atoms with Gasteiger partial charge in [0.15, 0.2) is 0 Å². The molecule has 0 bridgehead atoms. The molecule has 0 unspecified atom stereocenters. The van der Waals surface area contributed by atoms with Crippen molar-refractivity contribution in [3.05, 3.63) is 54.5 Å². The Morgan fingerprint density at radius 1 is 1.25 bits per heavy atom. The van der Waals surface area contributed by atoms with Gasteiger partial charge in [-0.15, -0.1) is 0 Å². The highest BCUT2D eigenvalue weighted by molar-refractivity contribution is 6.01. The summed E-state index contributed by atoms with van der Waals surface area (Å²) in [7, 11) is 0. The maximum absolute atomic E-state index is 12.5. The zero-order valence-corrected chi connectivity index (χ0v) is 13.5. The van der Waals surface area contributed by atoms with Gasteiger partial charge in [-0.05, 0) is 43.0 Å². The van der Waals surface area contributed by atoms with Crippen molar-refractivity contribution < 1.29 is 4.79 Å². The minimum absolute atomic E-state index is 0.0462. The van der Waals surface area contributed by atoms with Crippen molar-refractivity contribution in [1.29, 1.82) is 0 Å². The molecule has 24 heavy (non-hydrogen) atoms. The first kappa shape index (κ1) is 14.9. The predicted molar refractivity (Wildman–Crippen MR) is 92.7 cm³/mol. The van der Waals surface area contributed by atoms with Crippen LogP contribution in [0.25, 0.3) is 16.8 Å². The van der Waals surface area contributed by atoms with Gasteiger partial charge in [0.2, 0.25) is 0 Å². The fourth-order valence-corrected chi connectivity index (χ4v) is 3.40. The van der Waals surface area contributed by atoms with E-state index in [0.29, 0.717) is 11.5 Å². The lowest BCUT2D eigenvalue weighted by Crippen LogP contribution is -2.28. The molecule has 0 spiro atoms. The molecule has 1 fully saturated rings. The molecule has 0 radical (unpaired) electrons. The van der Waals surface area contributed by atoms with E-state index in [1.807, 2.05) is 36.5 Å². The standard InChI is InChI=1S/C19H20N4O/c24-19(21-12-14-5-1-2-6-14)16-13-22-23-10-8-15(11-18(16)23)17-7-3-4-9-20-17/h3-4,7-11,13-14H,1-2,5-6,12H2,(H,21,24). The molecule has 1 amide bonds. The van der Waals surface area contributed by atoms with Gasteiger partial charge in [-0.1, -0.05) is 18.9 Å². The second-order valence-electron chi connectivity index (χ2n) is 6.38. The van der Waals surface area contributed by atoms with Crippen LogP contribution >= 0.6 is 0 Å². The van der Waals surface area contributed by atoms with Crippen molar-refractivity contribution in [3.63, 3.8) is 0 Å². The van der Waals surface area contributed by atoms with E-state index in [4.69, 9.17) is 0 Å². The van der Waals surface area contributed by atoms with Crippen molar-refractivity contribution in [2.45, 2.75) is 25.7 Å². The number of hydrogen-bond donors (Lipinski definition) is 1. The van der Waals surface area contributed by atoms with Gasteiger partial charge >= 0.3 is 0 Å². The molecule has 0 atom stereocenters. The van der Waals surface area contributed by atoms with Crippen LogP contribution < -0.4 is 5.32 Å². The molecule has 3 heterocycles. The third-order valence-electron chi connectivity index (χ3n) is 4.75. The van der Waals surface area contributed by atoms with Crippen LogP contribution in [0.1, 0.15) is 36.0 Å². The molecule has 0 aliphatic heterocycles. The molecule has 3 aromatic heterocycles. The predicted octanol–water partition coefficient (Wildman–Crippen LogP) is 3.32. The number of nitrogens with zero attached hydrogens (tertiary/aromatic N) is 3. The molecule has 122 valence electrons. The highest BCUT2D eigenvalue weighted by Crippen LogP contribution is 2.24. The zero-order chi connectivity index (χ0) is 16.4. The molecule has 1 saturated carbocycles. The van der Waals surface area contributed by atoms with Gasteiger partial charge in [-0.3, -0.25) is 9.78 Å². The number of pyridine rings is 2. The van der Waals surface area contributed by atoms with Crippen LogP contribution in [0.4, 0.5) is 0 Å². The third-order valence-corrected chi connectivity index (χ3v) is 4.75. The lowest BCUT2D eigenvalue weighted by molar-refractivity contribution is 0.0949. The molecule has 1 N–H and O–H groups in total. The quantitative estimate of drug-likeness (QED) is 0.802. The van der Waals surface area contributed by atoms with Gasteiger partial charge in [0, 0.05) is 24.5 Å². The summed E-state index contributed by atoms with van der Waals surface area (Å²) in [5.41, 5.74) is 3.29. The minimum Gasteiger partial charge on any atom is -0.352 e. The molecule has 0 saturated heterocycles. The SMILES string of the molecule is O=C(NCC1CCCC1)c1cnn2ccc(-c3ccccn3)cc12. The Bertz CT molecular complexity index is 850. The second-order valence-corrected chi connectivity index (χ2v) is 6.38. The molecule has 5 heteroatoms. The number of rotatable bonds is 4. The first-order chi connectivity index (χ1) is 11.8. The Kier molecular flexibility index (Phi) is 3.99. The van der Waals surface area contributed by atoms with E-state index in [1.54, 1.807) is 16.9 Å². The minimum atomic E-state index is -0.0462. The van der Waals surface area contributed by atoms with Crippen molar-refractivity contribution in [3.8, 4) is 11.3 Å². The number of fused-ring (bicyclic) bond motifs is 1. The normalized spacial score (nSPS) is 15.0. The Morgan fingerprint density at radius 3 is 2.92 bits per heavy atom. The molecule has 1 aliphatic carbocycles. The summed E-state index contributed by atoms with van der Waals surface area (Å²) in [5, 5.41) is 7.36. The van der Waals surface area contributed by atoms with E-state index >= 15 is 0 Å². The Labute approximate surface area is 140 Å². The molecule has 4 rings (SSSR count). The van der Waals surface area contributed by atoms with Gasteiger partial charge in [0.25, 0.3) is 5.91 Å². The smallest absolute Gasteiger partial charge is 0.255 e. The Morgan fingerprint density at radius 2 is 2.12 bits per heavy atom. The third kappa shape index (κ3) is 2.89. The monoisotopic (exact) mass is 320 g/mol. The lowest BCUT2D eigenvalue weighted by Gasteiger charge is -2.10. The van der Waals surface area contributed by atoms with Crippen molar-refractivity contribution in [2.75, 3.05) is 6.54 Å². The van der Waals surface area contributed by atoms with Crippen LogP contribution in [0.5, 0.6) is 0 Å². The molecule has 3 aromatic rings. The van der Waals surface area contributed by atoms with Gasteiger partial charge in [-0.25, -0.2) is 4.52 Å². The van der Waals surface area contributed by atoms with E-state index in [0.717, 1.165) is 23.3 Å². The summed E-state index contributed by atoms with van der Waals surface area (Å²) < 4.78 is 1.73. The number of carbonyl (C=O) groups excluding carboxylic acids is 1. The number of carbonyl (C=O) groups is 1. The Balaban J connectivity index is 1.59. The highest BCUT2D eigenvalue weighted by atomic mass is 16.1. The van der Waals surface area contributed by atoms with Gasteiger partial charge in [0.1, 0.15) is 0 Å². The number of nitrogens with one attached hydrogen (secondary N) is 1. The van der Waals surface area contributed by atoms with Crippen molar-refractivity contribution in [2.24, 2.45) is 5.92 Å². The Hall–Kier alpha value is -2.69. The van der Waals surface area contributed by atoms with Crippen molar-refractivity contribution >= 4 is 11.4 Å². The summed E-state index contributed by atoms with van der Waals surface area (Å²) in [6.07, 6.45) is 10.3. The van der Waals surface area contributed by atoms with Crippen LogP contribution in [-0.4, -0.2) is 27.0 Å². The summed E-state index contributed by atoms with van der Waals surface area (Å²) in [4.78, 5) is 16.9. The lowest BCUT2D eigenvalue weighted by atomic mass is 10.1. The molecular weight excluding hydrogens is 300 g/mol. The maximum Gasteiger partial charge on any atom is 0.255 e. The van der Waals surface area contributed by atoms with E-state index in [9.17, 15) is 4.79 Å². The van der Waals surface area contributed by atoms with Crippen LogP contribution in [0.15, 0.2) is 48.9 Å². The topological polar surface area (TPSA) is 59.3 Å². The van der Waals surface area contributed by atoms with Crippen LogP contribution in [-0.2, 0) is 0 Å². The first-order valence-corrected chi connectivity index (χ1v) is 8.48. The van der Waals surface area contributed by atoms with E-state index in [1.165, 1.54) is 25.7 Å². The van der Waals surface area contributed by atoms with Crippen LogP contribution in [0, 0.1) is 5.92 Å². The number of aromatic nitrogens is 3. The zero-order valence-electron chi connectivity index (χ0n) is 13.5.